The molecule has 0 atom stereocenters. The molecule has 7 heteroatoms. The first-order valence-electron chi connectivity index (χ1n) is 3.22. The lowest BCUT2D eigenvalue weighted by atomic mass is 10.4. The van der Waals surface area contributed by atoms with E-state index in [1.807, 2.05) is 0 Å². The molecular formula is C7H4Cl3O3S. The van der Waals surface area contributed by atoms with Crippen LogP contribution in [-0.4, -0.2) is 8.42 Å². The molecule has 0 aromatic heterocycles. The van der Waals surface area contributed by atoms with Gasteiger partial charge in [0.2, 0.25) is 0 Å². The maximum absolute atomic E-state index is 11.2. The van der Waals surface area contributed by atoms with Crippen LogP contribution >= 0.6 is 34.8 Å². The molecule has 0 unspecified atom stereocenters. The largest absolute Gasteiger partial charge is 0.298 e. The minimum Gasteiger partial charge on any atom is -0.264 e. The quantitative estimate of drug-likeness (QED) is 0.614. The molecule has 0 spiro atoms. The Labute approximate surface area is 96.7 Å². The molecule has 77 valence electrons. The third-order valence-electron chi connectivity index (χ3n) is 1.42. The molecule has 0 amide bonds. The van der Waals surface area contributed by atoms with E-state index in [4.69, 9.17) is 34.8 Å². The van der Waals surface area contributed by atoms with Crippen molar-refractivity contribution in [1.82, 2.24) is 0 Å². The summed E-state index contributed by atoms with van der Waals surface area (Å²) < 4.78 is 26.5. The lowest BCUT2D eigenvalue weighted by Crippen LogP contribution is -2.02. The topological polar surface area (TPSA) is 43.4 Å². The fourth-order valence-corrected chi connectivity index (χ4v) is 2.32. The van der Waals surface area contributed by atoms with Gasteiger partial charge in [-0.2, -0.15) is 8.42 Å². The van der Waals surface area contributed by atoms with Gasteiger partial charge in [0, 0.05) is 0 Å². The number of rotatable bonds is 2. The normalized spacial score (nSPS) is 11.7. The third kappa shape index (κ3) is 2.15. The van der Waals surface area contributed by atoms with Crippen LogP contribution in [0.1, 0.15) is 0 Å². The van der Waals surface area contributed by atoms with Gasteiger partial charge in [-0.05, 0) is 12.1 Å². The highest BCUT2D eigenvalue weighted by molar-refractivity contribution is 7.87. The van der Waals surface area contributed by atoms with E-state index in [0.717, 1.165) is 0 Å². The summed E-state index contributed by atoms with van der Waals surface area (Å²) in [7, 11) is -1.15. The van der Waals surface area contributed by atoms with Gasteiger partial charge in [-0.1, -0.05) is 34.8 Å². The van der Waals surface area contributed by atoms with E-state index in [1.54, 1.807) is 0 Å². The predicted octanol–water partition coefficient (Wildman–Crippen LogP) is 3.14. The summed E-state index contributed by atoms with van der Waals surface area (Å²) in [6, 6.07) is 2.50. The van der Waals surface area contributed by atoms with Crippen molar-refractivity contribution in [2.75, 3.05) is 0 Å². The highest BCUT2D eigenvalue weighted by atomic mass is 35.5. The van der Waals surface area contributed by atoms with Crippen molar-refractivity contribution in [2.24, 2.45) is 0 Å². The van der Waals surface area contributed by atoms with Crippen molar-refractivity contribution in [2.45, 2.75) is 4.90 Å². The van der Waals surface area contributed by atoms with E-state index in [9.17, 15) is 8.42 Å². The van der Waals surface area contributed by atoms with Gasteiger partial charge in [0.25, 0.3) is 10.1 Å². The maximum atomic E-state index is 11.2. The first-order valence-corrected chi connectivity index (χ1v) is 5.76. The van der Waals surface area contributed by atoms with Gasteiger partial charge in [0.05, 0.1) is 22.2 Å². The number of halogens is 3. The first kappa shape index (κ1) is 12.1. The zero-order chi connectivity index (χ0) is 10.9. The fourth-order valence-electron chi connectivity index (χ4n) is 0.765. The van der Waals surface area contributed by atoms with Crippen LogP contribution in [0.5, 0.6) is 0 Å². The van der Waals surface area contributed by atoms with Crippen LogP contribution in [-0.2, 0) is 14.3 Å². The fraction of sp³-hybridized carbons (Fsp3) is 0. The Bertz CT molecular complexity index is 455. The van der Waals surface area contributed by atoms with Crippen LogP contribution < -0.4 is 0 Å². The molecule has 0 aliphatic heterocycles. The van der Waals surface area contributed by atoms with E-state index < -0.39 is 10.1 Å². The van der Waals surface area contributed by atoms with Gasteiger partial charge < -0.3 is 0 Å². The second-order valence-corrected chi connectivity index (χ2v) is 4.99. The molecule has 1 aromatic carbocycles. The van der Waals surface area contributed by atoms with E-state index in [-0.39, 0.29) is 20.0 Å². The molecule has 0 saturated heterocycles. The number of benzene rings is 1. The summed E-state index contributed by atoms with van der Waals surface area (Å²) in [4.78, 5) is -0.261. The third-order valence-corrected chi connectivity index (χ3v) is 4.02. The molecule has 1 rings (SSSR count). The minimum atomic E-state index is -3.95. The predicted molar refractivity (Wildman–Crippen MR) is 55.1 cm³/mol. The van der Waals surface area contributed by atoms with E-state index in [1.165, 1.54) is 12.1 Å². The Morgan fingerprint density at radius 2 is 1.71 bits per heavy atom. The lowest BCUT2D eigenvalue weighted by molar-refractivity contribution is 0.438. The molecule has 1 aromatic rings. The van der Waals surface area contributed by atoms with E-state index in [0.29, 0.717) is 0 Å². The number of hydrogen-bond acceptors (Lipinski definition) is 3. The molecule has 3 nitrogen and oxygen atoms in total. The van der Waals surface area contributed by atoms with E-state index >= 15 is 0 Å². The summed E-state index contributed by atoms with van der Waals surface area (Å²) >= 11 is 16.9. The summed E-state index contributed by atoms with van der Waals surface area (Å²) in [5, 5.41) is -0.0473. The van der Waals surface area contributed by atoms with Gasteiger partial charge in [-0.15, -0.1) is 0 Å². The molecule has 0 N–H and O–H groups in total. The van der Waals surface area contributed by atoms with E-state index in [2.05, 4.69) is 11.3 Å². The van der Waals surface area contributed by atoms with Crippen molar-refractivity contribution >= 4 is 44.9 Å². The minimum absolute atomic E-state index is 0.0357. The van der Waals surface area contributed by atoms with Crippen molar-refractivity contribution in [3.8, 4) is 0 Å². The van der Waals surface area contributed by atoms with Crippen LogP contribution in [0, 0.1) is 7.11 Å². The summed E-state index contributed by atoms with van der Waals surface area (Å²) in [5.74, 6) is 0. The van der Waals surface area contributed by atoms with Crippen LogP contribution in [0.2, 0.25) is 15.1 Å². The standard InChI is InChI=1S/C7H4Cl3O3S/c1-13-14(11,12)5-3-2-4(8)6(9)7(5)10/h2-3H,1H2. The molecule has 14 heavy (non-hydrogen) atoms. The smallest absolute Gasteiger partial charge is 0.264 e. The SMILES string of the molecule is [CH2]OS(=O)(=O)c1ccc(Cl)c(Cl)c1Cl. The van der Waals surface area contributed by atoms with Crippen LogP contribution in [0.25, 0.3) is 0 Å². The Morgan fingerprint density at radius 3 is 2.21 bits per heavy atom. The molecule has 0 fully saturated rings. The summed E-state index contributed by atoms with van der Waals surface area (Å²) in [5.41, 5.74) is 0. The van der Waals surface area contributed by atoms with Gasteiger partial charge in [0.15, 0.2) is 0 Å². The zero-order valence-electron chi connectivity index (χ0n) is 6.63. The maximum Gasteiger partial charge on any atom is 0.298 e. The van der Waals surface area contributed by atoms with Gasteiger partial charge in [-0.3, -0.25) is 4.18 Å². The Hall–Kier alpha value is -0.000000000000000167. The second-order valence-electron chi connectivity index (χ2n) is 2.25. The molecular weight excluding hydrogens is 270 g/mol. The van der Waals surface area contributed by atoms with Crippen LogP contribution in [0.3, 0.4) is 0 Å². The molecule has 0 heterocycles. The highest BCUT2D eigenvalue weighted by Crippen LogP contribution is 2.35. The Balaban J connectivity index is 3.47. The Kier molecular flexibility index (Phi) is 3.66. The average Bonchev–Trinajstić information content (AvgIpc) is 2.14. The number of hydrogen-bond donors (Lipinski definition) is 0. The molecule has 1 radical (unpaired) electrons. The van der Waals surface area contributed by atoms with Crippen molar-refractivity contribution < 1.29 is 12.6 Å². The second kappa shape index (κ2) is 4.24. The molecule has 0 aliphatic carbocycles. The monoisotopic (exact) mass is 273 g/mol. The lowest BCUT2D eigenvalue weighted by Gasteiger charge is -2.05. The van der Waals surface area contributed by atoms with Gasteiger partial charge in [0.1, 0.15) is 4.90 Å². The van der Waals surface area contributed by atoms with Crippen molar-refractivity contribution in [3.63, 3.8) is 0 Å². The zero-order valence-corrected chi connectivity index (χ0v) is 9.71. The molecule has 0 aliphatic rings. The Morgan fingerprint density at radius 1 is 1.14 bits per heavy atom. The average molecular weight is 275 g/mol. The molecule has 0 saturated carbocycles. The van der Waals surface area contributed by atoms with Gasteiger partial charge >= 0.3 is 0 Å². The van der Waals surface area contributed by atoms with Crippen molar-refractivity contribution in [3.05, 3.63) is 34.3 Å². The van der Waals surface area contributed by atoms with Crippen molar-refractivity contribution in [1.29, 1.82) is 0 Å². The summed E-state index contributed by atoms with van der Waals surface area (Å²) in [6.45, 7) is 0. The summed E-state index contributed by atoms with van der Waals surface area (Å²) in [6.07, 6.45) is 0. The molecule has 0 bridgehead atoms. The highest BCUT2D eigenvalue weighted by Gasteiger charge is 2.20. The van der Waals surface area contributed by atoms with Crippen LogP contribution in [0.4, 0.5) is 0 Å². The first-order chi connectivity index (χ1) is 6.40. The van der Waals surface area contributed by atoms with Crippen LogP contribution in [0.15, 0.2) is 17.0 Å². The van der Waals surface area contributed by atoms with Gasteiger partial charge in [-0.25, -0.2) is 0 Å².